The van der Waals surface area contributed by atoms with Crippen LogP contribution in [0, 0.1) is 13.8 Å². The molecule has 0 saturated carbocycles. The molecular weight excluding hydrogens is 517 g/mol. The third-order valence-corrected chi connectivity index (χ3v) is 4.07. The summed E-state index contributed by atoms with van der Waals surface area (Å²) >= 11 is 1.79. The number of nitrogen functional groups attached to an aromatic ring is 1. The second-order valence-electron chi connectivity index (χ2n) is 5.38. The Morgan fingerprint density at radius 1 is 0.938 bits per heavy atom. The van der Waals surface area contributed by atoms with E-state index in [1.54, 1.807) is 11.3 Å². The van der Waals surface area contributed by atoms with E-state index in [0.29, 0.717) is 11.6 Å². The van der Waals surface area contributed by atoms with Crippen molar-refractivity contribution in [1.29, 1.82) is 0 Å². The molecule has 2 heterocycles. The van der Waals surface area contributed by atoms with Gasteiger partial charge in [-0.15, -0.1) is 0 Å². The first-order chi connectivity index (χ1) is 14.1. The molecule has 2 rings (SSSR count). The molecule has 0 fully saturated rings. The molecule has 0 unspecified atom stereocenters. The molecule has 0 aliphatic rings. The van der Waals surface area contributed by atoms with Gasteiger partial charge >= 0.3 is 0 Å². The molecule has 0 aromatic carbocycles. The second kappa shape index (κ2) is 14.2. The van der Waals surface area contributed by atoms with Crippen LogP contribution in [0.1, 0.15) is 28.9 Å². The maximum atomic E-state index is 8.55. The summed E-state index contributed by atoms with van der Waals surface area (Å²) in [7, 11) is -16.2. The number of anilines is 1. The fourth-order valence-electron chi connectivity index (χ4n) is 1.76. The van der Waals surface area contributed by atoms with E-state index in [1.165, 1.54) is 10.6 Å². The zero-order valence-electron chi connectivity index (χ0n) is 16.6. The van der Waals surface area contributed by atoms with E-state index in [4.69, 9.17) is 63.5 Å². The van der Waals surface area contributed by atoms with Crippen LogP contribution in [0.4, 0.5) is 5.82 Å². The average molecular weight is 534 g/mol. The van der Waals surface area contributed by atoms with E-state index in [0.717, 1.165) is 18.5 Å². The predicted molar refractivity (Wildman–Crippen MR) is 91.7 cm³/mol. The number of nitrogens with two attached hydrogens (primary N) is 1. The highest BCUT2D eigenvalue weighted by Crippen LogP contribution is 2.13. The van der Waals surface area contributed by atoms with Gasteiger partial charge in [-0.3, -0.25) is 0 Å². The van der Waals surface area contributed by atoms with E-state index >= 15 is 0 Å². The predicted octanol–water partition coefficient (Wildman–Crippen LogP) is -6.84. The molecule has 0 bridgehead atoms. The third-order valence-electron chi connectivity index (χ3n) is 2.84. The minimum Gasteiger partial charge on any atom is -0.822 e. The van der Waals surface area contributed by atoms with Crippen molar-refractivity contribution in [3.8, 4) is 0 Å². The van der Waals surface area contributed by atoms with Crippen molar-refractivity contribution in [2.45, 2.75) is 33.7 Å². The van der Waals surface area contributed by atoms with Crippen molar-refractivity contribution in [3.05, 3.63) is 33.7 Å². The SMILES string of the molecule is CCc1sc[n+](Cc2cnc(C)nc2N)c1C.O=P([O-])([O-])[O-].O=P([O-])([O-])[O-].O=P([O-])([O-])[O-]. The van der Waals surface area contributed by atoms with Gasteiger partial charge in [0.05, 0.1) is 10.4 Å². The van der Waals surface area contributed by atoms with Gasteiger partial charge in [0, 0.05) is 13.1 Å². The number of aryl methyl sites for hydroxylation is 2. The average Bonchev–Trinajstić information content (AvgIpc) is 2.85. The summed E-state index contributed by atoms with van der Waals surface area (Å²) in [6.45, 7) is 6.90. The maximum Gasteiger partial charge on any atom is 0.225 e. The number of hydrogen-bond acceptors (Lipinski definition) is 16. The van der Waals surface area contributed by atoms with Crippen molar-refractivity contribution >= 4 is 40.6 Å². The first kappa shape index (κ1) is 33.0. The molecule has 0 spiro atoms. The normalized spacial score (nSPS) is 11.2. The van der Waals surface area contributed by atoms with Crippen LogP contribution >= 0.6 is 34.8 Å². The largest absolute Gasteiger partial charge is 0.822 e. The molecule has 0 saturated heterocycles. The Kier molecular flexibility index (Phi) is 14.6. The summed E-state index contributed by atoms with van der Waals surface area (Å²) in [5.74, 6) is 1.29. The fourth-order valence-corrected chi connectivity index (χ4v) is 2.71. The molecule has 20 heteroatoms. The highest BCUT2D eigenvalue weighted by atomic mass is 32.1. The van der Waals surface area contributed by atoms with Crippen LogP contribution in [-0.4, -0.2) is 9.97 Å². The zero-order chi connectivity index (χ0) is 25.9. The van der Waals surface area contributed by atoms with E-state index < -0.39 is 23.5 Å². The van der Waals surface area contributed by atoms with Gasteiger partial charge in [-0.25, -0.2) is 9.97 Å². The fraction of sp³-hybridized carbons (Fsp3) is 0.417. The molecule has 186 valence electrons. The number of nitrogens with zero attached hydrogens (tertiary/aromatic N) is 3. The number of phosphoric acid groups is 3. The number of aromatic nitrogens is 3. The lowest BCUT2D eigenvalue weighted by Gasteiger charge is -2.36. The highest BCUT2D eigenvalue weighted by Gasteiger charge is 2.16. The van der Waals surface area contributed by atoms with Crippen molar-refractivity contribution in [2.75, 3.05) is 5.73 Å². The molecule has 0 aliphatic carbocycles. The number of hydrogen-bond donors (Lipinski definition) is 1. The van der Waals surface area contributed by atoms with E-state index in [9.17, 15) is 0 Å². The van der Waals surface area contributed by atoms with Crippen LogP contribution in [0.2, 0.25) is 0 Å². The minimum absolute atomic E-state index is 0.577. The van der Waals surface area contributed by atoms with Crippen LogP contribution in [0.3, 0.4) is 0 Å². The summed E-state index contributed by atoms with van der Waals surface area (Å²) in [5, 5.41) is 0. The Hall–Kier alpha value is -1.16. The van der Waals surface area contributed by atoms with Crippen molar-refractivity contribution < 1.29 is 62.3 Å². The molecule has 2 aromatic rings. The monoisotopic (exact) mass is 534 g/mol. The van der Waals surface area contributed by atoms with Crippen molar-refractivity contribution in [2.24, 2.45) is 0 Å². The standard InChI is InChI=1S/C12H17N4S.3H3O4P/c1-4-11-8(2)16(7-17-11)6-10-5-14-9(3)15-12(10)13;3*1-5(2,3)4/h5,7H,4,6H2,1-3H3,(H2,13,14,15);3*(H3,1,2,3,4)/q+1;;;/p-9. The van der Waals surface area contributed by atoms with Crippen LogP contribution in [0.25, 0.3) is 0 Å². The Morgan fingerprint density at radius 3 is 1.66 bits per heavy atom. The van der Waals surface area contributed by atoms with Crippen molar-refractivity contribution in [1.82, 2.24) is 9.97 Å². The lowest BCUT2D eigenvalue weighted by Crippen LogP contribution is -2.35. The molecule has 0 amide bonds. The second-order valence-corrected chi connectivity index (χ2v) is 9.01. The molecule has 2 aromatic heterocycles. The van der Waals surface area contributed by atoms with Gasteiger partial charge < -0.3 is 63.5 Å². The molecule has 0 radical (unpaired) electrons. The van der Waals surface area contributed by atoms with Crippen molar-refractivity contribution in [3.63, 3.8) is 0 Å². The minimum atomic E-state index is -5.39. The Morgan fingerprint density at radius 2 is 1.34 bits per heavy atom. The quantitative estimate of drug-likeness (QED) is 0.282. The zero-order valence-corrected chi connectivity index (χ0v) is 20.1. The van der Waals surface area contributed by atoms with Crippen LogP contribution < -0.4 is 54.3 Å². The van der Waals surface area contributed by atoms with Crippen LogP contribution in [-0.2, 0) is 26.7 Å². The summed E-state index contributed by atoms with van der Waals surface area (Å²) in [4.78, 5) is 86.7. The molecule has 16 nitrogen and oxygen atoms in total. The summed E-state index contributed by atoms with van der Waals surface area (Å²) < 4.78 is 27.8. The maximum absolute atomic E-state index is 8.55. The highest BCUT2D eigenvalue weighted by molar-refractivity contribution is 7.40. The van der Waals surface area contributed by atoms with E-state index in [1.807, 2.05) is 13.1 Å². The first-order valence-corrected chi connectivity index (χ1v) is 13.1. The van der Waals surface area contributed by atoms with Crippen LogP contribution in [0.5, 0.6) is 0 Å². The molecule has 0 aliphatic heterocycles. The molecule has 0 atom stereocenters. The Labute approximate surface area is 186 Å². The smallest absolute Gasteiger partial charge is 0.225 e. The van der Waals surface area contributed by atoms with Gasteiger partial charge in [0.2, 0.25) is 5.51 Å². The molecule has 32 heavy (non-hydrogen) atoms. The van der Waals surface area contributed by atoms with Gasteiger partial charge in [0.25, 0.3) is 0 Å². The number of rotatable bonds is 3. The van der Waals surface area contributed by atoms with Gasteiger partial charge in [-0.2, -0.15) is 28.0 Å². The molecular formula is C12H17N4O12P3S-8. The lowest BCUT2D eigenvalue weighted by atomic mass is 10.2. The van der Waals surface area contributed by atoms with Gasteiger partial charge in [-0.05, 0) is 13.3 Å². The third kappa shape index (κ3) is 23.5. The Balaban J connectivity index is 0. The summed E-state index contributed by atoms with van der Waals surface area (Å²) in [5.41, 5.74) is 10.3. The summed E-state index contributed by atoms with van der Waals surface area (Å²) in [6, 6.07) is 0. The lowest BCUT2D eigenvalue weighted by molar-refractivity contribution is -0.689. The Bertz CT molecular complexity index is 913. The van der Waals surface area contributed by atoms with Gasteiger partial charge in [0.15, 0.2) is 12.2 Å². The van der Waals surface area contributed by atoms with E-state index in [-0.39, 0.29) is 0 Å². The van der Waals surface area contributed by atoms with Crippen LogP contribution in [0.15, 0.2) is 11.7 Å². The van der Waals surface area contributed by atoms with E-state index in [2.05, 4.69) is 33.9 Å². The topological polar surface area (TPSA) is 314 Å². The van der Waals surface area contributed by atoms with Gasteiger partial charge in [0.1, 0.15) is 11.6 Å². The molecule has 2 N–H and O–H groups in total. The summed E-state index contributed by atoms with van der Waals surface area (Å²) in [6.07, 6.45) is 2.89. The number of thiazole rings is 1. The first-order valence-electron chi connectivity index (χ1n) is 7.85. The van der Waals surface area contributed by atoms with Gasteiger partial charge in [-0.1, -0.05) is 18.3 Å².